The molecule has 1 unspecified atom stereocenters. The van der Waals surface area contributed by atoms with Crippen LogP contribution in [0.25, 0.3) is 22.1 Å². The summed E-state index contributed by atoms with van der Waals surface area (Å²) in [5, 5.41) is 12.5. The Morgan fingerprint density at radius 3 is 2.51 bits per heavy atom. The Balaban J connectivity index is 1.22. The molecule has 0 spiro atoms. The molecule has 9 heteroatoms. The van der Waals surface area contributed by atoms with Crippen molar-refractivity contribution in [1.82, 2.24) is 5.32 Å². The van der Waals surface area contributed by atoms with Gasteiger partial charge in [-0.25, -0.2) is 14.0 Å². The number of aliphatic carboxylic acids is 1. The summed E-state index contributed by atoms with van der Waals surface area (Å²) in [6.45, 7) is 0.0265. The Hall–Kier alpha value is -4.53. The molecule has 1 aliphatic heterocycles. The van der Waals surface area contributed by atoms with E-state index in [1.165, 1.54) is 24.3 Å². The molecule has 5 rings (SSSR count). The van der Waals surface area contributed by atoms with Crippen molar-refractivity contribution in [3.8, 4) is 22.6 Å². The van der Waals surface area contributed by atoms with Gasteiger partial charge < -0.3 is 29.1 Å². The summed E-state index contributed by atoms with van der Waals surface area (Å²) in [5.74, 6) is 0.143. The van der Waals surface area contributed by atoms with Gasteiger partial charge in [-0.3, -0.25) is 0 Å². The van der Waals surface area contributed by atoms with Crippen LogP contribution in [-0.4, -0.2) is 30.0 Å². The lowest BCUT2D eigenvalue weighted by Crippen LogP contribution is -2.42. The second-order valence-electron chi connectivity index (χ2n) is 7.98. The van der Waals surface area contributed by atoms with Crippen molar-refractivity contribution in [1.29, 1.82) is 0 Å². The van der Waals surface area contributed by atoms with Crippen molar-refractivity contribution in [3.63, 3.8) is 0 Å². The first-order valence-corrected chi connectivity index (χ1v) is 10.8. The Bertz CT molecular complexity index is 1400. The van der Waals surface area contributed by atoms with E-state index in [1.807, 2.05) is 36.4 Å². The van der Waals surface area contributed by atoms with Gasteiger partial charge >= 0.3 is 12.1 Å². The van der Waals surface area contributed by atoms with Gasteiger partial charge in [-0.05, 0) is 59.2 Å². The topological polar surface area (TPSA) is 107 Å². The fourth-order valence-corrected chi connectivity index (χ4v) is 3.80. The minimum absolute atomic E-state index is 0.0159. The van der Waals surface area contributed by atoms with Gasteiger partial charge in [0.2, 0.25) is 6.79 Å². The highest BCUT2D eigenvalue weighted by Gasteiger charge is 2.22. The minimum atomic E-state index is -1.23. The standard InChI is InChI=1S/C26H20FNO7/c27-19-5-1-15(2-6-19)9-21(25(29)30)28-26(31)32-13-20-11-18-10-16(3-7-22(18)35-20)17-4-8-23-24(12-17)34-14-33-23/h1-8,10-12,21H,9,13-14H2,(H,28,31)(H,29,30). The largest absolute Gasteiger partial charge is 0.480 e. The van der Waals surface area contributed by atoms with E-state index >= 15 is 0 Å². The van der Waals surface area contributed by atoms with Crippen LogP contribution >= 0.6 is 0 Å². The van der Waals surface area contributed by atoms with Crippen LogP contribution in [0.1, 0.15) is 11.3 Å². The van der Waals surface area contributed by atoms with E-state index in [0.29, 0.717) is 28.4 Å². The maximum atomic E-state index is 13.1. The van der Waals surface area contributed by atoms with Gasteiger partial charge in [-0.1, -0.05) is 24.3 Å². The number of benzene rings is 3. The Kier molecular flexibility index (Phi) is 5.97. The zero-order valence-corrected chi connectivity index (χ0v) is 18.3. The number of hydrogen-bond donors (Lipinski definition) is 2. The van der Waals surface area contributed by atoms with Crippen LogP contribution in [0, 0.1) is 5.82 Å². The molecule has 0 fully saturated rings. The average Bonchev–Trinajstić information content (AvgIpc) is 3.49. The van der Waals surface area contributed by atoms with Gasteiger partial charge in [0.25, 0.3) is 0 Å². The van der Waals surface area contributed by atoms with E-state index in [0.717, 1.165) is 16.5 Å². The molecule has 8 nitrogen and oxygen atoms in total. The second-order valence-corrected chi connectivity index (χ2v) is 7.98. The summed E-state index contributed by atoms with van der Waals surface area (Å²) >= 11 is 0. The van der Waals surface area contributed by atoms with Crippen LogP contribution in [0.4, 0.5) is 9.18 Å². The normalized spacial score (nSPS) is 12.9. The number of fused-ring (bicyclic) bond motifs is 2. The fourth-order valence-electron chi connectivity index (χ4n) is 3.80. The number of carboxylic acid groups (broad SMARTS) is 1. The third-order valence-electron chi connectivity index (χ3n) is 5.56. The highest BCUT2D eigenvalue weighted by atomic mass is 19.1. The van der Waals surface area contributed by atoms with E-state index in [2.05, 4.69) is 5.32 Å². The van der Waals surface area contributed by atoms with Crippen LogP contribution in [0.3, 0.4) is 0 Å². The summed E-state index contributed by atoms with van der Waals surface area (Å²) < 4.78 is 34.8. The molecule has 0 saturated heterocycles. The van der Waals surface area contributed by atoms with E-state index in [1.54, 1.807) is 6.07 Å². The van der Waals surface area contributed by atoms with Gasteiger partial charge in [-0.2, -0.15) is 0 Å². The summed E-state index contributed by atoms with van der Waals surface area (Å²) in [6, 6.07) is 17.3. The van der Waals surface area contributed by atoms with Gasteiger partial charge in [0, 0.05) is 11.8 Å². The SMILES string of the molecule is O=C(NC(Cc1ccc(F)cc1)C(=O)O)OCc1cc2cc(-c3ccc4c(c3)OCO4)ccc2o1. The number of ether oxygens (including phenoxy) is 3. The highest BCUT2D eigenvalue weighted by molar-refractivity contribution is 5.85. The highest BCUT2D eigenvalue weighted by Crippen LogP contribution is 2.36. The number of hydrogen-bond acceptors (Lipinski definition) is 6. The minimum Gasteiger partial charge on any atom is -0.480 e. The monoisotopic (exact) mass is 477 g/mol. The van der Waals surface area contributed by atoms with Gasteiger partial charge in [-0.15, -0.1) is 0 Å². The molecule has 35 heavy (non-hydrogen) atoms. The van der Waals surface area contributed by atoms with Gasteiger partial charge in [0.05, 0.1) is 0 Å². The molecule has 4 aromatic rings. The van der Waals surface area contributed by atoms with Gasteiger partial charge in [0.15, 0.2) is 18.1 Å². The first kappa shape index (κ1) is 22.3. The molecule has 2 heterocycles. The number of nitrogens with one attached hydrogen (secondary N) is 1. The molecular weight excluding hydrogens is 457 g/mol. The molecule has 0 saturated carbocycles. The summed E-state index contributed by atoms with van der Waals surface area (Å²) in [7, 11) is 0. The fraction of sp³-hybridized carbons (Fsp3) is 0.154. The number of rotatable bonds is 7. The molecule has 1 amide bonds. The maximum Gasteiger partial charge on any atom is 0.408 e. The lowest BCUT2D eigenvalue weighted by Gasteiger charge is -2.14. The van der Waals surface area contributed by atoms with Crippen molar-refractivity contribution in [2.45, 2.75) is 19.1 Å². The number of carbonyl (C=O) groups excluding carboxylic acids is 1. The average molecular weight is 477 g/mol. The van der Waals surface area contributed by atoms with E-state index in [-0.39, 0.29) is 19.8 Å². The molecule has 0 radical (unpaired) electrons. The number of furan rings is 1. The maximum absolute atomic E-state index is 13.1. The van der Waals surface area contributed by atoms with E-state index < -0.39 is 23.9 Å². The number of alkyl carbamates (subject to hydrolysis) is 1. The Morgan fingerprint density at radius 2 is 1.71 bits per heavy atom. The van der Waals surface area contributed by atoms with E-state index in [4.69, 9.17) is 18.6 Å². The summed E-state index contributed by atoms with van der Waals surface area (Å²) in [5.41, 5.74) is 3.09. The van der Waals surface area contributed by atoms with Crippen LogP contribution in [0.2, 0.25) is 0 Å². The third kappa shape index (κ3) is 5.03. The number of carbonyl (C=O) groups is 2. The summed E-state index contributed by atoms with van der Waals surface area (Å²) in [6.07, 6.45) is -0.918. The van der Waals surface area contributed by atoms with Crippen molar-refractivity contribution in [2.75, 3.05) is 6.79 Å². The molecule has 1 aromatic heterocycles. The first-order valence-electron chi connectivity index (χ1n) is 10.8. The Morgan fingerprint density at radius 1 is 0.971 bits per heavy atom. The molecular formula is C26H20FNO7. The lowest BCUT2D eigenvalue weighted by atomic mass is 10.0. The molecule has 0 aliphatic carbocycles. The quantitative estimate of drug-likeness (QED) is 0.390. The smallest absolute Gasteiger partial charge is 0.408 e. The zero-order valence-electron chi connectivity index (χ0n) is 18.3. The predicted molar refractivity (Wildman–Crippen MR) is 123 cm³/mol. The molecule has 1 atom stereocenters. The molecule has 178 valence electrons. The first-order chi connectivity index (χ1) is 16.9. The van der Waals surface area contributed by atoms with Crippen LogP contribution in [0.5, 0.6) is 11.5 Å². The van der Waals surface area contributed by atoms with Crippen LogP contribution < -0.4 is 14.8 Å². The van der Waals surface area contributed by atoms with Crippen molar-refractivity contribution in [3.05, 3.63) is 83.9 Å². The number of amides is 1. The molecule has 1 aliphatic rings. The Labute approximate surface area is 198 Å². The molecule has 3 aromatic carbocycles. The lowest BCUT2D eigenvalue weighted by molar-refractivity contribution is -0.139. The predicted octanol–water partition coefficient (Wildman–Crippen LogP) is 4.89. The van der Waals surface area contributed by atoms with Crippen molar-refractivity contribution in [2.24, 2.45) is 0 Å². The molecule has 0 bridgehead atoms. The number of halogens is 1. The molecule has 2 N–H and O–H groups in total. The number of carboxylic acids is 1. The van der Waals surface area contributed by atoms with Crippen LogP contribution in [0.15, 0.2) is 71.1 Å². The van der Waals surface area contributed by atoms with Crippen molar-refractivity contribution < 1.29 is 37.7 Å². The summed E-state index contributed by atoms with van der Waals surface area (Å²) in [4.78, 5) is 23.7. The second kappa shape index (κ2) is 9.38. The van der Waals surface area contributed by atoms with Crippen molar-refractivity contribution >= 4 is 23.0 Å². The van der Waals surface area contributed by atoms with Crippen LogP contribution in [-0.2, 0) is 22.6 Å². The third-order valence-corrected chi connectivity index (χ3v) is 5.56. The van der Waals surface area contributed by atoms with E-state index in [9.17, 15) is 19.1 Å². The zero-order chi connectivity index (χ0) is 24.4. The van der Waals surface area contributed by atoms with Gasteiger partial charge in [0.1, 0.15) is 23.2 Å².